The molecule has 1 aromatic rings. The third kappa shape index (κ3) is 1.41. The molecule has 2 heterocycles. The van der Waals surface area contributed by atoms with Gasteiger partial charge in [-0.25, -0.2) is 0 Å². The van der Waals surface area contributed by atoms with E-state index in [9.17, 15) is 4.79 Å². The molecular formula is C12H15N3O. The Morgan fingerprint density at radius 2 is 2.38 bits per heavy atom. The fraction of sp³-hybridized carbons (Fsp3) is 0.500. The lowest BCUT2D eigenvalue weighted by Gasteiger charge is -2.26. The van der Waals surface area contributed by atoms with Gasteiger partial charge in [-0.15, -0.1) is 0 Å². The zero-order valence-electron chi connectivity index (χ0n) is 9.04. The van der Waals surface area contributed by atoms with Gasteiger partial charge in [0.1, 0.15) is 5.69 Å². The molecule has 1 aliphatic heterocycles. The molecule has 3 unspecified atom stereocenters. The van der Waals surface area contributed by atoms with E-state index in [0.717, 1.165) is 12.8 Å². The molecule has 4 nitrogen and oxygen atoms in total. The number of aromatic nitrogens is 1. The molecule has 1 aromatic heterocycles. The standard InChI is InChI=1S/C12H15N3O/c13-7-9-5-8-6-11(8)15(9)12(16)10-3-1-2-4-14-10/h1-4,8-9,11H,5-7,13H2. The number of likely N-dealkylation sites (tertiary alicyclic amines) is 1. The lowest BCUT2D eigenvalue weighted by Crippen LogP contribution is -2.42. The molecule has 0 spiro atoms. The SMILES string of the molecule is NCC1CC2CC2N1C(=O)c1ccccn1. The van der Waals surface area contributed by atoms with Crippen molar-refractivity contribution in [2.24, 2.45) is 11.7 Å². The van der Waals surface area contributed by atoms with E-state index in [-0.39, 0.29) is 11.9 Å². The summed E-state index contributed by atoms with van der Waals surface area (Å²) in [4.78, 5) is 18.3. The highest BCUT2D eigenvalue weighted by atomic mass is 16.2. The molecule has 4 heteroatoms. The summed E-state index contributed by atoms with van der Waals surface area (Å²) in [6, 6.07) is 6.09. The monoisotopic (exact) mass is 217 g/mol. The predicted molar refractivity (Wildman–Crippen MR) is 59.8 cm³/mol. The Balaban J connectivity index is 1.84. The Morgan fingerprint density at radius 3 is 3.06 bits per heavy atom. The Morgan fingerprint density at radius 1 is 1.50 bits per heavy atom. The van der Waals surface area contributed by atoms with E-state index in [1.165, 1.54) is 0 Å². The van der Waals surface area contributed by atoms with Crippen LogP contribution in [0.15, 0.2) is 24.4 Å². The second-order valence-corrected chi connectivity index (χ2v) is 4.62. The largest absolute Gasteiger partial charge is 0.330 e. The Kier molecular flexibility index (Phi) is 2.17. The molecule has 3 atom stereocenters. The van der Waals surface area contributed by atoms with Crippen molar-refractivity contribution in [2.75, 3.05) is 6.54 Å². The van der Waals surface area contributed by atoms with Gasteiger partial charge >= 0.3 is 0 Å². The van der Waals surface area contributed by atoms with Gasteiger partial charge in [0, 0.05) is 24.8 Å². The fourth-order valence-corrected chi connectivity index (χ4v) is 2.71. The van der Waals surface area contributed by atoms with Crippen LogP contribution >= 0.6 is 0 Å². The van der Waals surface area contributed by atoms with Gasteiger partial charge in [0.25, 0.3) is 5.91 Å². The fourth-order valence-electron chi connectivity index (χ4n) is 2.71. The molecule has 16 heavy (non-hydrogen) atoms. The second kappa shape index (κ2) is 3.56. The van der Waals surface area contributed by atoms with Crippen LogP contribution in [0.3, 0.4) is 0 Å². The number of amides is 1. The van der Waals surface area contributed by atoms with Crippen LogP contribution in [0.2, 0.25) is 0 Å². The van der Waals surface area contributed by atoms with Gasteiger partial charge < -0.3 is 10.6 Å². The Bertz CT molecular complexity index is 406. The number of pyridine rings is 1. The van der Waals surface area contributed by atoms with Gasteiger partial charge in [-0.2, -0.15) is 0 Å². The topological polar surface area (TPSA) is 59.2 Å². The van der Waals surface area contributed by atoms with Crippen LogP contribution in [0.25, 0.3) is 0 Å². The number of piperidine rings is 1. The first-order chi connectivity index (χ1) is 7.81. The van der Waals surface area contributed by atoms with Gasteiger partial charge in [0.05, 0.1) is 0 Å². The summed E-state index contributed by atoms with van der Waals surface area (Å²) in [6.45, 7) is 0.561. The van der Waals surface area contributed by atoms with Gasteiger partial charge in [-0.05, 0) is 30.9 Å². The van der Waals surface area contributed by atoms with E-state index >= 15 is 0 Å². The first kappa shape index (κ1) is 9.78. The van der Waals surface area contributed by atoms with E-state index in [1.54, 1.807) is 12.3 Å². The van der Waals surface area contributed by atoms with E-state index < -0.39 is 0 Å². The molecule has 0 bridgehead atoms. The number of carbonyl (C=O) groups excluding carboxylic acids is 1. The molecular weight excluding hydrogens is 202 g/mol. The van der Waals surface area contributed by atoms with Crippen molar-refractivity contribution in [3.63, 3.8) is 0 Å². The normalized spacial score (nSPS) is 31.3. The third-order valence-corrected chi connectivity index (χ3v) is 3.60. The number of hydrogen-bond acceptors (Lipinski definition) is 3. The van der Waals surface area contributed by atoms with Crippen molar-refractivity contribution in [1.29, 1.82) is 0 Å². The maximum absolute atomic E-state index is 12.3. The second-order valence-electron chi connectivity index (χ2n) is 4.62. The number of carbonyl (C=O) groups is 1. The lowest BCUT2D eigenvalue weighted by atomic mass is 10.1. The molecule has 0 aromatic carbocycles. The minimum Gasteiger partial charge on any atom is -0.330 e. The zero-order valence-corrected chi connectivity index (χ0v) is 9.04. The van der Waals surface area contributed by atoms with Crippen LogP contribution in [0, 0.1) is 5.92 Å². The summed E-state index contributed by atoms with van der Waals surface area (Å²) in [7, 11) is 0. The molecule has 1 amide bonds. The summed E-state index contributed by atoms with van der Waals surface area (Å²) in [5, 5.41) is 0. The maximum atomic E-state index is 12.3. The zero-order chi connectivity index (χ0) is 11.1. The average molecular weight is 217 g/mol. The molecule has 2 N–H and O–H groups in total. The van der Waals surface area contributed by atoms with E-state index in [0.29, 0.717) is 24.2 Å². The van der Waals surface area contributed by atoms with Crippen LogP contribution < -0.4 is 5.73 Å². The quantitative estimate of drug-likeness (QED) is 0.791. The van der Waals surface area contributed by atoms with Crippen LogP contribution in [0.1, 0.15) is 23.3 Å². The van der Waals surface area contributed by atoms with Crippen LogP contribution in [-0.4, -0.2) is 34.4 Å². The van der Waals surface area contributed by atoms with Crippen molar-refractivity contribution in [3.05, 3.63) is 30.1 Å². The van der Waals surface area contributed by atoms with Gasteiger partial charge in [0.2, 0.25) is 0 Å². The predicted octanol–water partition coefficient (Wildman–Crippen LogP) is 0.643. The maximum Gasteiger partial charge on any atom is 0.272 e. The van der Waals surface area contributed by atoms with Crippen molar-refractivity contribution >= 4 is 5.91 Å². The molecule has 2 fully saturated rings. The van der Waals surface area contributed by atoms with Gasteiger partial charge in [-0.1, -0.05) is 6.07 Å². The molecule has 1 saturated heterocycles. The Labute approximate surface area is 94.5 Å². The van der Waals surface area contributed by atoms with Crippen molar-refractivity contribution in [1.82, 2.24) is 9.88 Å². The minimum absolute atomic E-state index is 0.0426. The van der Waals surface area contributed by atoms with E-state index in [1.807, 2.05) is 17.0 Å². The van der Waals surface area contributed by atoms with Gasteiger partial charge in [-0.3, -0.25) is 9.78 Å². The lowest BCUT2D eigenvalue weighted by molar-refractivity contribution is 0.0700. The van der Waals surface area contributed by atoms with E-state index in [4.69, 9.17) is 5.73 Å². The first-order valence-electron chi connectivity index (χ1n) is 5.75. The number of fused-ring (bicyclic) bond motifs is 1. The summed E-state index contributed by atoms with van der Waals surface area (Å²) in [5.41, 5.74) is 6.24. The number of rotatable bonds is 2. The summed E-state index contributed by atoms with van der Waals surface area (Å²) >= 11 is 0. The number of nitrogens with two attached hydrogens (primary N) is 1. The third-order valence-electron chi connectivity index (χ3n) is 3.60. The molecule has 0 radical (unpaired) electrons. The van der Waals surface area contributed by atoms with Gasteiger partial charge in [0.15, 0.2) is 0 Å². The molecule has 84 valence electrons. The summed E-state index contributed by atoms with van der Waals surface area (Å²) in [6.07, 6.45) is 3.87. The molecule has 3 rings (SSSR count). The number of hydrogen-bond donors (Lipinski definition) is 1. The highest BCUT2D eigenvalue weighted by Crippen LogP contribution is 2.47. The smallest absolute Gasteiger partial charge is 0.272 e. The number of nitrogens with zero attached hydrogens (tertiary/aromatic N) is 2. The van der Waals surface area contributed by atoms with Crippen LogP contribution in [0.4, 0.5) is 0 Å². The van der Waals surface area contributed by atoms with E-state index in [2.05, 4.69) is 4.98 Å². The molecule has 1 saturated carbocycles. The van der Waals surface area contributed by atoms with Crippen molar-refractivity contribution in [3.8, 4) is 0 Å². The Hall–Kier alpha value is -1.42. The molecule has 1 aliphatic carbocycles. The highest BCUT2D eigenvalue weighted by molar-refractivity contribution is 5.93. The van der Waals surface area contributed by atoms with Crippen molar-refractivity contribution < 1.29 is 4.79 Å². The highest BCUT2D eigenvalue weighted by Gasteiger charge is 2.53. The molecule has 2 aliphatic rings. The van der Waals surface area contributed by atoms with Crippen LogP contribution in [0.5, 0.6) is 0 Å². The van der Waals surface area contributed by atoms with Crippen molar-refractivity contribution in [2.45, 2.75) is 24.9 Å². The minimum atomic E-state index is 0.0426. The average Bonchev–Trinajstić information content (AvgIpc) is 3.01. The summed E-state index contributed by atoms with van der Waals surface area (Å²) < 4.78 is 0. The van der Waals surface area contributed by atoms with Crippen LogP contribution in [-0.2, 0) is 0 Å². The first-order valence-corrected chi connectivity index (χ1v) is 5.75. The summed E-state index contributed by atoms with van der Waals surface area (Å²) in [5.74, 6) is 0.738.